The van der Waals surface area contributed by atoms with Gasteiger partial charge in [0.25, 0.3) is 0 Å². The summed E-state index contributed by atoms with van der Waals surface area (Å²) in [7, 11) is 1.64. The maximum absolute atomic E-state index is 5.11. The molecule has 1 aliphatic rings. The Morgan fingerprint density at radius 3 is 2.47 bits per heavy atom. The Morgan fingerprint density at radius 1 is 1.29 bits per heavy atom. The predicted octanol–water partition coefficient (Wildman–Crippen LogP) is 3.18. The number of hydrogen-bond acceptors (Lipinski definition) is 3. The van der Waals surface area contributed by atoms with Gasteiger partial charge in [0.15, 0.2) is 0 Å². The molecule has 0 saturated heterocycles. The highest BCUT2D eigenvalue weighted by atomic mass is 16.5. The van der Waals surface area contributed by atoms with Crippen LogP contribution in [0.25, 0.3) is 0 Å². The summed E-state index contributed by atoms with van der Waals surface area (Å²) in [6.07, 6.45) is 1.77. The molecule has 0 aliphatic heterocycles. The highest BCUT2D eigenvalue weighted by Gasteiger charge is 2.63. The van der Waals surface area contributed by atoms with Gasteiger partial charge in [0.1, 0.15) is 0 Å². The Hall–Kier alpha value is -1.25. The third kappa shape index (κ3) is 1.99. The number of nitrogens with one attached hydrogen (secondary N) is 1. The van der Waals surface area contributed by atoms with Gasteiger partial charge in [-0.1, -0.05) is 27.7 Å². The average molecular weight is 234 g/mol. The molecule has 3 nitrogen and oxygen atoms in total. The van der Waals surface area contributed by atoms with Gasteiger partial charge < -0.3 is 10.1 Å². The van der Waals surface area contributed by atoms with E-state index in [9.17, 15) is 0 Å². The van der Waals surface area contributed by atoms with Crippen LogP contribution >= 0.6 is 0 Å². The lowest BCUT2D eigenvalue weighted by molar-refractivity contribution is 0.398. The zero-order chi connectivity index (χ0) is 12.7. The summed E-state index contributed by atoms with van der Waals surface area (Å²) in [6, 6.07) is 3.91. The highest BCUT2D eigenvalue weighted by molar-refractivity contribution is 5.45. The molecule has 0 amide bonds. The molecule has 1 aliphatic carbocycles. The smallest absolute Gasteiger partial charge is 0.214 e. The number of rotatable bonds is 4. The number of nitrogens with zero attached hydrogens (tertiary/aromatic N) is 1. The molecule has 0 radical (unpaired) electrons. The summed E-state index contributed by atoms with van der Waals surface area (Å²) in [6.45, 7) is 10.4. The molecule has 1 saturated carbocycles. The Balaban J connectivity index is 1.95. The number of anilines is 1. The summed E-state index contributed by atoms with van der Waals surface area (Å²) < 4.78 is 5.11. The molecule has 1 fully saturated rings. The van der Waals surface area contributed by atoms with Crippen LogP contribution in [-0.4, -0.2) is 18.6 Å². The SMILES string of the molecule is COc1cc(NCC2C(C)(C)C2(C)C)ccn1. The first-order valence-electron chi connectivity index (χ1n) is 6.13. The third-order valence-electron chi connectivity index (χ3n) is 4.77. The van der Waals surface area contributed by atoms with Crippen molar-refractivity contribution in [2.24, 2.45) is 16.7 Å². The van der Waals surface area contributed by atoms with E-state index in [1.54, 1.807) is 13.3 Å². The fraction of sp³-hybridized carbons (Fsp3) is 0.643. The Labute approximate surface area is 104 Å². The van der Waals surface area contributed by atoms with Crippen molar-refractivity contribution >= 4 is 5.69 Å². The van der Waals surface area contributed by atoms with Crippen LogP contribution in [-0.2, 0) is 0 Å². The maximum Gasteiger partial charge on any atom is 0.214 e. The maximum atomic E-state index is 5.11. The summed E-state index contributed by atoms with van der Waals surface area (Å²) in [5.74, 6) is 1.37. The molecule has 1 N–H and O–H groups in total. The van der Waals surface area contributed by atoms with E-state index in [-0.39, 0.29) is 0 Å². The summed E-state index contributed by atoms with van der Waals surface area (Å²) in [5.41, 5.74) is 1.93. The van der Waals surface area contributed by atoms with Gasteiger partial charge in [-0.15, -0.1) is 0 Å². The van der Waals surface area contributed by atoms with Crippen molar-refractivity contribution < 1.29 is 4.74 Å². The van der Waals surface area contributed by atoms with Crippen LogP contribution in [0.15, 0.2) is 18.3 Å². The zero-order valence-electron chi connectivity index (χ0n) is 11.4. The second kappa shape index (κ2) is 3.90. The molecule has 1 aromatic heterocycles. The van der Waals surface area contributed by atoms with E-state index in [1.165, 1.54) is 0 Å². The topological polar surface area (TPSA) is 34.1 Å². The van der Waals surface area contributed by atoms with Crippen molar-refractivity contribution in [1.82, 2.24) is 4.98 Å². The lowest BCUT2D eigenvalue weighted by atomic mass is 10.0. The number of pyridine rings is 1. The van der Waals surface area contributed by atoms with Crippen molar-refractivity contribution in [2.75, 3.05) is 19.0 Å². The van der Waals surface area contributed by atoms with Gasteiger partial charge in [-0.05, 0) is 22.8 Å². The van der Waals surface area contributed by atoms with E-state index in [0.29, 0.717) is 22.6 Å². The molecular weight excluding hydrogens is 212 g/mol. The van der Waals surface area contributed by atoms with Crippen LogP contribution in [0.5, 0.6) is 5.88 Å². The fourth-order valence-electron chi connectivity index (χ4n) is 2.69. The van der Waals surface area contributed by atoms with Crippen molar-refractivity contribution in [1.29, 1.82) is 0 Å². The summed E-state index contributed by atoms with van der Waals surface area (Å²) >= 11 is 0. The van der Waals surface area contributed by atoms with E-state index >= 15 is 0 Å². The lowest BCUT2D eigenvalue weighted by Gasteiger charge is -2.08. The predicted molar refractivity (Wildman–Crippen MR) is 70.3 cm³/mol. The van der Waals surface area contributed by atoms with Crippen molar-refractivity contribution in [3.05, 3.63) is 18.3 Å². The van der Waals surface area contributed by atoms with Crippen molar-refractivity contribution in [3.8, 4) is 5.88 Å². The molecule has 1 aromatic rings. The Morgan fingerprint density at radius 2 is 1.94 bits per heavy atom. The summed E-state index contributed by atoms with van der Waals surface area (Å²) in [5, 5.41) is 3.47. The van der Waals surface area contributed by atoms with E-state index in [2.05, 4.69) is 38.0 Å². The molecule has 0 spiro atoms. The average Bonchev–Trinajstić information content (AvgIpc) is 2.67. The quantitative estimate of drug-likeness (QED) is 0.868. The Kier molecular flexibility index (Phi) is 2.80. The molecule has 17 heavy (non-hydrogen) atoms. The van der Waals surface area contributed by atoms with Crippen molar-refractivity contribution in [2.45, 2.75) is 27.7 Å². The second-order valence-electron chi connectivity index (χ2n) is 5.96. The first-order chi connectivity index (χ1) is 7.89. The normalized spacial score (nSPS) is 21.0. The molecule has 3 heteroatoms. The van der Waals surface area contributed by atoms with Crippen LogP contribution in [0.1, 0.15) is 27.7 Å². The standard InChI is InChI=1S/C14H22N2O/c1-13(2)11(14(13,3)4)9-16-10-6-7-15-12(8-10)17-5/h6-8,11H,9H2,1-5H3,(H,15,16). The zero-order valence-corrected chi connectivity index (χ0v) is 11.4. The molecular formula is C14H22N2O. The molecule has 0 atom stereocenters. The van der Waals surface area contributed by atoms with Gasteiger partial charge in [0, 0.05) is 24.5 Å². The van der Waals surface area contributed by atoms with E-state index in [0.717, 1.165) is 12.2 Å². The van der Waals surface area contributed by atoms with Gasteiger partial charge in [-0.25, -0.2) is 4.98 Å². The van der Waals surface area contributed by atoms with Gasteiger partial charge in [0.05, 0.1) is 7.11 Å². The summed E-state index contributed by atoms with van der Waals surface area (Å²) in [4.78, 5) is 4.10. The monoisotopic (exact) mass is 234 g/mol. The number of aromatic nitrogens is 1. The van der Waals surface area contributed by atoms with E-state index in [4.69, 9.17) is 4.74 Å². The molecule has 0 bridgehead atoms. The van der Waals surface area contributed by atoms with Gasteiger partial charge in [-0.2, -0.15) is 0 Å². The molecule has 0 aromatic carbocycles. The fourth-order valence-corrected chi connectivity index (χ4v) is 2.69. The highest BCUT2D eigenvalue weighted by Crippen LogP contribution is 2.68. The second-order valence-corrected chi connectivity index (χ2v) is 5.96. The molecule has 2 rings (SSSR count). The van der Waals surface area contributed by atoms with Gasteiger partial charge in [0.2, 0.25) is 5.88 Å². The third-order valence-corrected chi connectivity index (χ3v) is 4.77. The Bertz CT molecular complexity index is 398. The van der Waals surface area contributed by atoms with Crippen LogP contribution in [0, 0.1) is 16.7 Å². The van der Waals surface area contributed by atoms with Gasteiger partial charge >= 0.3 is 0 Å². The van der Waals surface area contributed by atoms with E-state index in [1.807, 2.05) is 12.1 Å². The minimum Gasteiger partial charge on any atom is -0.481 e. The first-order valence-corrected chi connectivity index (χ1v) is 6.13. The van der Waals surface area contributed by atoms with Crippen molar-refractivity contribution in [3.63, 3.8) is 0 Å². The van der Waals surface area contributed by atoms with Crippen LogP contribution in [0.4, 0.5) is 5.69 Å². The van der Waals surface area contributed by atoms with Gasteiger partial charge in [-0.3, -0.25) is 0 Å². The first kappa shape index (κ1) is 12.2. The molecule has 94 valence electrons. The largest absolute Gasteiger partial charge is 0.481 e. The minimum atomic E-state index is 0.428. The number of methoxy groups -OCH3 is 1. The van der Waals surface area contributed by atoms with Crippen LogP contribution in [0.3, 0.4) is 0 Å². The van der Waals surface area contributed by atoms with Crippen LogP contribution < -0.4 is 10.1 Å². The van der Waals surface area contributed by atoms with E-state index < -0.39 is 0 Å². The molecule has 1 heterocycles. The lowest BCUT2D eigenvalue weighted by Crippen LogP contribution is -2.08. The number of hydrogen-bond donors (Lipinski definition) is 1. The van der Waals surface area contributed by atoms with Crippen LogP contribution in [0.2, 0.25) is 0 Å². The number of ether oxygens (including phenoxy) is 1. The minimum absolute atomic E-state index is 0.428. The molecule has 0 unspecified atom stereocenters.